The number of rotatable bonds is 3. The summed E-state index contributed by atoms with van der Waals surface area (Å²) in [4.78, 5) is 11.4. The van der Waals surface area contributed by atoms with Gasteiger partial charge in [-0.2, -0.15) is 13.2 Å². The molecule has 0 unspecified atom stereocenters. The third kappa shape index (κ3) is 3.54. The van der Waals surface area contributed by atoms with Gasteiger partial charge in [0.1, 0.15) is 5.69 Å². The maximum absolute atomic E-state index is 12.6. The number of aromatic nitrogens is 2. The summed E-state index contributed by atoms with van der Waals surface area (Å²) in [6.45, 7) is 4.13. The van der Waals surface area contributed by atoms with Gasteiger partial charge in [0.05, 0.1) is 0 Å². The van der Waals surface area contributed by atoms with Gasteiger partial charge in [-0.25, -0.2) is 9.97 Å². The van der Waals surface area contributed by atoms with Crippen molar-refractivity contribution in [3.8, 4) is 0 Å². The molecule has 1 aromatic rings. The number of nitrogens with two attached hydrogens (primary N) is 1. The lowest BCUT2D eigenvalue weighted by molar-refractivity contribution is -0.141. The van der Waals surface area contributed by atoms with E-state index in [1.807, 2.05) is 0 Å². The quantitative estimate of drug-likeness (QED) is 0.874. The van der Waals surface area contributed by atoms with E-state index in [2.05, 4.69) is 14.9 Å². The molecule has 1 aliphatic rings. The van der Waals surface area contributed by atoms with Crippen molar-refractivity contribution in [2.24, 2.45) is 5.73 Å². The summed E-state index contributed by atoms with van der Waals surface area (Å²) >= 11 is 0. The lowest BCUT2D eigenvalue weighted by atomic mass is 10.3. The zero-order valence-corrected chi connectivity index (χ0v) is 10.4. The Morgan fingerprint density at radius 1 is 1.21 bits per heavy atom. The molecule has 0 spiro atoms. The molecule has 1 aromatic heterocycles. The molecular formula is C11H16F3N5. The molecule has 0 aliphatic carbocycles. The largest absolute Gasteiger partial charge is 0.433 e. The number of anilines is 1. The molecule has 0 aromatic carbocycles. The smallest absolute Gasteiger partial charge is 0.338 e. The molecule has 0 bridgehead atoms. The first-order valence-corrected chi connectivity index (χ1v) is 6.08. The number of halogens is 3. The van der Waals surface area contributed by atoms with Crippen LogP contribution in [0, 0.1) is 0 Å². The fourth-order valence-corrected chi connectivity index (χ4v) is 2.01. The van der Waals surface area contributed by atoms with Gasteiger partial charge in [-0.05, 0) is 6.07 Å². The molecule has 0 amide bonds. The summed E-state index contributed by atoms with van der Waals surface area (Å²) in [5.41, 5.74) is 4.57. The van der Waals surface area contributed by atoms with E-state index in [1.54, 1.807) is 4.90 Å². The van der Waals surface area contributed by atoms with Crippen LogP contribution in [-0.4, -0.2) is 54.1 Å². The molecule has 2 heterocycles. The molecule has 5 nitrogen and oxygen atoms in total. The second kappa shape index (κ2) is 5.70. The number of hydrogen-bond acceptors (Lipinski definition) is 5. The zero-order valence-electron chi connectivity index (χ0n) is 10.4. The molecule has 0 atom stereocenters. The predicted octanol–water partition coefficient (Wildman–Crippen LogP) is 0.576. The first kappa shape index (κ1) is 14.0. The highest BCUT2D eigenvalue weighted by Crippen LogP contribution is 2.28. The van der Waals surface area contributed by atoms with Gasteiger partial charge in [0, 0.05) is 45.5 Å². The molecule has 19 heavy (non-hydrogen) atoms. The summed E-state index contributed by atoms with van der Waals surface area (Å²) < 4.78 is 37.7. The standard InChI is InChI=1S/C11H16F3N5/c12-11(13,14)9-1-3-16-10(17-9)19-7-5-18(4-2-15)6-8-19/h1,3H,2,4-8,15H2. The van der Waals surface area contributed by atoms with Crippen molar-refractivity contribution in [2.45, 2.75) is 6.18 Å². The number of hydrogen-bond donors (Lipinski definition) is 1. The van der Waals surface area contributed by atoms with Gasteiger partial charge in [0.2, 0.25) is 5.95 Å². The average Bonchev–Trinajstić information content (AvgIpc) is 2.39. The maximum atomic E-state index is 12.6. The molecule has 2 N–H and O–H groups in total. The Bertz CT molecular complexity index is 415. The lowest BCUT2D eigenvalue weighted by Gasteiger charge is -2.34. The van der Waals surface area contributed by atoms with Crippen LogP contribution in [0.4, 0.5) is 19.1 Å². The fraction of sp³-hybridized carbons (Fsp3) is 0.636. The lowest BCUT2D eigenvalue weighted by Crippen LogP contribution is -2.48. The number of alkyl halides is 3. The minimum Gasteiger partial charge on any atom is -0.338 e. The molecule has 1 aliphatic heterocycles. The van der Waals surface area contributed by atoms with Crippen LogP contribution in [0.1, 0.15) is 5.69 Å². The van der Waals surface area contributed by atoms with Gasteiger partial charge in [-0.15, -0.1) is 0 Å². The molecule has 8 heteroatoms. The summed E-state index contributed by atoms with van der Waals surface area (Å²) in [7, 11) is 0. The third-order valence-electron chi connectivity index (χ3n) is 3.03. The molecule has 106 valence electrons. The van der Waals surface area contributed by atoms with E-state index >= 15 is 0 Å². The maximum Gasteiger partial charge on any atom is 0.433 e. The monoisotopic (exact) mass is 275 g/mol. The van der Waals surface area contributed by atoms with Gasteiger partial charge in [0.25, 0.3) is 0 Å². The van der Waals surface area contributed by atoms with Crippen molar-refractivity contribution >= 4 is 5.95 Å². The summed E-state index contributed by atoms with van der Waals surface area (Å²) in [5.74, 6) is 0.141. The van der Waals surface area contributed by atoms with Gasteiger partial charge in [-0.3, -0.25) is 4.90 Å². The summed E-state index contributed by atoms with van der Waals surface area (Å²) in [5, 5.41) is 0. The van der Waals surface area contributed by atoms with Crippen molar-refractivity contribution in [1.82, 2.24) is 14.9 Å². The van der Waals surface area contributed by atoms with Crippen molar-refractivity contribution in [3.05, 3.63) is 18.0 Å². The summed E-state index contributed by atoms with van der Waals surface area (Å²) in [6.07, 6.45) is -3.28. The molecule has 0 saturated carbocycles. The van der Waals surface area contributed by atoms with Crippen molar-refractivity contribution < 1.29 is 13.2 Å². The fourth-order valence-electron chi connectivity index (χ4n) is 2.01. The Balaban J connectivity index is 2.03. The van der Waals surface area contributed by atoms with Crippen molar-refractivity contribution in [2.75, 3.05) is 44.2 Å². The van der Waals surface area contributed by atoms with Crippen LogP contribution in [0.15, 0.2) is 12.3 Å². The van der Waals surface area contributed by atoms with Crippen LogP contribution < -0.4 is 10.6 Å². The highest BCUT2D eigenvalue weighted by molar-refractivity contribution is 5.31. The average molecular weight is 275 g/mol. The van der Waals surface area contributed by atoms with E-state index in [9.17, 15) is 13.2 Å². The van der Waals surface area contributed by atoms with Crippen molar-refractivity contribution in [3.63, 3.8) is 0 Å². The van der Waals surface area contributed by atoms with Gasteiger partial charge >= 0.3 is 6.18 Å². The Morgan fingerprint density at radius 2 is 1.89 bits per heavy atom. The molecule has 1 saturated heterocycles. The van der Waals surface area contributed by atoms with E-state index in [1.165, 1.54) is 0 Å². The van der Waals surface area contributed by atoms with E-state index in [-0.39, 0.29) is 5.95 Å². The highest BCUT2D eigenvalue weighted by atomic mass is 19.4. The molecule has 2 rings (SSSR count). The van der Waals surface area contributed by atoms with Gasteiger partial charge in [-0.1, -0.05) is 0 Å². The topological polar surface area (TPSA) is 58.3 Å². The SMILES string of the molecule is NCCN1CCN(c2nccc(C(F)(F)F)n2)CC1. The zero-order chi connectivity index (χ0) is 13.9. The Kier molecular flexibility index (Phi) is 4.20. The molecule has 1 fully saturated rings. The van der Waals surface area contributed by atoms with E-state index < -0.39 is 11.9 Å². The minimum atomic E-state index is -4.43. The van der Waals surface area contributed by atoms with E-state index in [0.29, 0.717) is 19.6 Å². The molecule has 0 radical (unpaired) electrons. The summed E-state index contributed by atoms with van der Waals surface area (Å²) in [6, 6.07) is 0.883. The highest BCUT2D eigenvalue weighted by Gasteiger charge is 2.33. The van der Waals surface area contributed by atoms with Crippen molar-refractivity contribution in [1.29, 1.82) is 0 Å². The number of nitrogens with zero attached hydrogens (tertiary/aromatic N) is 4. The normalized spacial score (nSPS) is 17.8. The van der Waals surface area contributed by atoms with Crippen LogP contribution in [0.5, 0.6) is 0 Å². The first-order chi connectivity index (χ1) is 9.00. The van der Waals surface area contributed by atoms with E-state index in [4.69, 9.17) is 5.73 Å². The predicted molar refractivity (Wildman–Crippen MR) is 64.7 cm³/mol. The first-order valence-electron chi connectivity index (χ1n) is 6.08. The molecular weight excluding hydrogens is 259 g/mol. The van der Waals surface area contributed by atoms with Gasteiger partial charge < -0.3 is 10.6 Å². The van der Waals surface area contributed by atoms with Crippen LogP contribution in [0.3, 0.4) is 0 Å². The van der Waals surface area contributed by atoms with Crippen LogP contribution in [0.2, 0.25) is 0 Å². The van der Waals surface area contributed by atoms with Crippen LogP contribution >= 0.6 is 0 Å². The Morgan fingerprint density at radius 3 is 2.47 bits per heavy atom. The Hall–Kier alpha value is -1.41. The second-order valence-electron chi connectivity index (χ2n) is 4.36. The minimum absolute atomic E-state index is 0.141. The second-order valence-corrected chi connectivity index (χ2v) is 4.36. The Labute approximate surface area is 109 Å². The van der Waals surface area contributed by atoms with Crippen LogP contribution in [-0.2, 0) is 6.18 Å². The third-order valence-corrected chi connectivity index (χ3v) is 3.03. The number of piperazine rings is 1. The van der Waals surface area contributed by atoms with Crippen LogP contribution in [0.25, 0.3) is 0 Å². The van der Waals surface area contributed by atoms with E-state index in [0.717, 1.165) is 31.9 Å². The van der Waals surface area contributed by atoms with Gasteiger partial charge in [0.15, 0.2) is 0 Å².